The number of rotatable bonds is 8. The molecule has 0 saturated heterocycles. The second kappa shape index (κ2) is 6.33. The molecule has 0 aliphatic carbocycles. The summed E-state index contributed by atoms with van der Waals surface area (Å²) in [5, 5.41) is 8.65. The van der Waals surface area contributed by atoms with Crippen LogP contribution in [0, 0.1) is 0 Å². The van der Waals surface area contributed by atoms with E-state index in [9.17, 15) is 21.6 Å². The van der Waals surface area contributed by atoms with Gasteiger partial charge in [-0.1, -0.05) is 0 Å². The van der Waals surface area contributed by atoms with E-state index in [1.165, 1.54) is 17.1 Å². The lowest BCUT2D eigenvalue weighted by Crippen LogP contribution is -2.31. The van der Waals surface area contributed by atoms with Gasteiger partial charge in [-0.05, 0) is 0 Å². The van der Waals surface area contributed by atoms with Gasteiger partial charge in [-0.25, -0.2) is 31.3 Å². The van der Waals surface area contributed by atoms with Crippen molar-refractivity contribution >= 4 is 25.8 Å². The Morgan fingerprint density at radius 3 is 2.50 bits per heavy atom. The topological polar surface area (TPSA) is 135 Å². The maximum Gasteiger partial charge on any atom is 0.356 e. The molecular formula is C9H15N3O6S2. The third kappa shape index (κ3) is 6.12. The van der Waals surface area contributed by atoms with Gasteiger partial charge in [0.05, 0.1) is 17.8 Å². The maximum absolute atomic E-state index is 11.5. The maximum atomic E-state index is 11.5. The van der Waals surface area contributed by atoms with Gasteiger partial charge in [-0.2, -0.15) is 0 Å². The SMILES string of the molecule is CS(=O)(=O)CCS(=O)(=O)NCCn1cnc(C(=O)O)c1. The van der Waals surface area contributed by atoms with Crippen LogP contribution in [0.4, 0.5) is 0 Å². The van der Waals surface area contributed by atoms with E-state index < -0.39 is 37.3 Å². The molecule has 0 unspecified atom stereocenters. The van der Waals surface area contributed by atoms with Crippen LogP contribution in [0.5, 0.6) is 0 Å². The second-order valence-corrected chi connectivity index (χ2v) is 8.33. The van der Waals surface area contributed by atoms with Crippen LogP contribution in [-0.2, 0) is 26.4 Å². The van der Waals surface area contributed by atoms with Crippen molar-refractivity contribution < 1.29 is 26.7 Å². The Balaban J connectivity index is 2.44. The van der Waals surface area contributed by atoms with Crippen molar-refractivity contribution in [3.8, 4) is 0 Å². The molecule has 0 spiro atoms. The number of nitrogens with zero attached hydrogens (tertiary/aromatic N) is 2. The Labute approximate surface area is 116 Å². The van der Waals surface area contributed by atoms with Crippen LogP contribution in [0.3, 0.4) is 0 Å². The first-order valence-corrected chi connectivity index (χ1v) is 9.20. The number of imidazole rings is 1. The normalized spacial score (nSPS) is 12.4. The van der Waals surface area contributed by atoms with E-state index in [1.54, 1.807) is 0 Å². The van der Waals surface area contributed by atoms with E-state index in [2.05, 4.69) is 9.71 Å². The Kier molecular flexibility index (Phi) is 5.25. The third-order valence-corrected chi connectivity index (χ3v) is 4.86. The van der Waals surface area contributed by atoms with Gasteiger partial charge in [0.2, 0.25) is 10.0 Å². The molecule has 0 aliphatic heterocycles. The molecule has 0 atom stereocenters. The van der Waals surface area contributed by atoms with Crippen LogP contribution in [0.25, 0.3) is 0 Å². The van der Waals surface area contributed by atoms with Gasteiger partial charge in [-0.3, -0.25) is 0 Å². The summed E-state index contributed by atoms with van der Waals surface area (Å²) in [6.07, 6.45) is 3.50. The number of hydrogen-bond donors (Lipinski definition) is 2. The Bertz CT molecular complexity index is 676. The molecular weight excluding hydrogens is 310 g/mol. The lowest BCUT2D eigenvalue weighted by atomic mass is 10.5. The molecule has 20 heavy (non-hydrogen) atoms. The molecule has 1 rings (SSSR count). The molecule has 0 radical (unpaired) electrons. The molecule has 0 amide bonds. The number of aromatic nitrogens is 2. The zero-order valence-electron chi connectivity index (χ0n) is 10.7. The van der Waals surface area contributed by atoms with Crippen LogP contribution in [-0.4, -0.2) is 61.8 Å². The second-order valence-electron chi connectivity index (χ2n) is 4.14. The van der Waals surface area contributed by atoms with Gasteiger partial charge in [0.25, 0.3) is 0 Å². The molecule has 1 heterocycles. The van der Waals surface area contributed by atoms with E-state index in [0.717, 1.165) is 6.26 Å². The first-order valence-electron chi connectivity index (χ1n) is 5.49. The minimum atomic E-state index is -3.67. The number of sulfonamides is 1. The number of nitrogens with one attached hydrogen (secondary N) is 1. The summed E-state index contributed by atoms with van der Waals surface area (Å²) in [5.41, 5.74) is -0.134. The molecule has 0 aliphatic rings. The van der Waals surface area contributed by atoms with Gasteiger partial charge < -0.3 is 9.67 Å². The predicted molar refractivity (Wildman–Crippen MR) is 70.7 cm³/mol. The fraction of sp³-hybridized carbons (Fsp3) is 0.556. The molecule has 2 N–H and O–H groups in total. The van der Waals surface area contributed by atoms with Gasteiger partial charge >= 0.3 is 5.97 Å². The number of carboxylic acid groups (broad SMARTS) is 1. The molecule has 0 saturated carbocycles. The average molecular weight is 325 g/mol. The standard InChI is InChI=1S/C9H15N3O6S2/c1-19(15,16)4-5-20(17,18)11-2-3-12-6-8(9(13)14)10-7-12/h6-7,11H,2-5H2,1H3,(H,13,14). The number of aromatic carboxylic acids is 1. The smallest absolute Gasteiger partial charge is 0.356 e. The summed E-state index contributed by atoms with van der Waals surface area (Å²) in [6.45, 7) is 0.208. The van der Waals surface area contributed by atoms with Crippen LogP contribution < -0.4 is 4.72 Å². The Morgan fingerprint density at radius 1 is 1.35 bits per heavy atom. The van der Waals surface area contributed by atoms with Crippen LogP contribution in [0.15, 0.2) is 12.5 Å². The zero-order valence-corrected chi connectivity index (χ0v) is 12.3. The molecule has 1 aromatic heterocycles. The lowest BCUT2D eigenvalue weighted by Gasteiger charge is -2.06. The van der Waals surface area contributed by atoms with Crippen LogP contribution in [0.2, 0.25) is 0 Å². The summed E-state index contributed by atoms with van der Waals surface area (Å²) >= 11 is 0. The number of carboxylic acids is 1. The van der Waals surface area contributed by atoms with Crippen LogP contribution in [0.1, 0.15) is 10.5 Å². The summed E-state index contributed by atoms with van der Waals surface area (Å²) in [6, 6.07) is 0. The van der Waals surface area contributed by atoms with E-state index in [0.29, 0.717) is 0 Å². The summed E-state index contributed by atoms with van der Waals surface area (Å²) < 4.78 is 48.4. The van der Waals surface area contributed by atoms with Gasteiger partial charge in [-0.15, -0.1) is 0 Å². The van der Waals surface area contributed by atoms with Gasteiger partial charge in [0.1, 0.15) is 9.84 Å². The fourth-order valence-corrected chi connectivity index (χ4v) is 3.89. The van der Waals surface area contributed by atoms with Crippen molar-refractivity contribution in [2.75, 3.05) is 24.3 Å². The Hall–Kier alpha value is -1.46. The number of sulfone groups is 1. The molecule has 11 heteroatoms. The van der Waals surface area contributed by atoms with Crippen molar-refractivity contribution in [1.29, 1.82) is 0 Å². The Morgan fingerprint density at radius 2 is 2.00 bits per heavy atom. The van der Waals surface area contributed by atoms with Crippen molar-refractivity contribution in [2.24, 2.45) is 0 Å². The van der Waals surface area contributed by atoms with Crippen molar-refractivity contribution in [3.63, 3.8) is 0 Å². The van der Waals surface area contributed by atoms with E-state index in [4.69, 9.17) is 5.11 Å². The van der Waals surface area contributed by atoms with Crippen molar-refractivity contribution in [2.45, 2.75) is 6.54 Å². The molecule has 9 nitrogen and oxygen atoms in total. The van der Waals surface area contributed by atoms with E-state index in [-0.39, 0.29) is 18.8 Å². The van der Waals surface area contributed by atoms with Crippen molar-refractivity contribution in [1.82, 2.24) is 14.3 Å². The van der Waals surface area contributed by atoms with Gasteiger partial charge in [0, 0.05) is 25.5 Å². The molecule has 0 aromatic carbocycles. The highest BCUT2D eigenvalue weighted by atomic mass is 32.2. The monoisotopic (exact) mass is 325 g/mol. The first kappa shape index (κ1) is 16.6. The lowest BCUT2D eigenvalue weighted by molar-refractivity contribution is 0.0691. The number of carbonyl (C=O) groups is 1. The minimum absolute atomic E-state index is 0.0154. The highest BCUT2D eigenvalue weighted by Crippen LogP contribution is 1.96. The highest BCUT2D eigenvalue weighted by Gasteiger charge is 2.14. The summed E-state index contributed by atoms with van der Waals surface area (Å²) in [5.74, 6) is -2.12. The molecule has 114 valence electrons. The first-order chi connectivity index (χ1) is 9.09. The highest BCUT2D eigenvalue weighted by molar-refractivity contribution is 7.93. The van der Waals surface area contributed by atoms with Gasteiger partial charge in [0.15, 0.2) is 5.69 Å². The average Bonchev–Trinajstić information content (AvgIpc) is 2.74. The zero-order chi connectivity index (χ0) is 15.4. The fourth-order valence-electron chi connectivity index (χ4n) is 1.26. The quantitative estimate of drug-likeness (QED) is 0.596. The molecule has 0 fully saturated rings. The summed E-state index contributed by atoms with van der Waals surface area (Å²) in [7, 11) is -7.01. The minimum Gasteiger partial charge on any atom is -0.476 e. The van der Waals surface area contributed by atoms with Crippen LogP contribution >= 0.6 is 0 Å². The third-order valence-electron chi connectivity index (χ3n) is 2.27. The van der Waals surface area contributed by atoms with E-state index >= 15 is 0 Å². The number of hydrogen-bond acceptors (Lipinski definition) is 6. The molecule has 0 bridgehead atoms. The van der Waals surface area contributed by atoms with E-state index in [1.807, 2.05) is 0 Å². The predicted octanol–water partition coefficient (Wildman–Crippen LogP) is -1.45. The van der Waals surface area contributed by atoms with Crippen molar-refractivity contribution in [3.05, 3.63) is 18.2 Å². The summed E-state index contributed by atoms with van der Waals surface area (Å²) in [4.78, 5) is 14.2. The molecule has 1 aromatic rings. The largest absolute Gasteiger partial charge is 0.476 e.